The average Bonchev–Trinajstić information content (AvgIpc) is 3.16. The molecule has 0 unspecified atom stereocenters. The smallest absolute Gasteiger partial charge is 0.410 e. The Balaban J connectivity index is 1.62. The van der Waals surface area contributed by atoms with Gasteiger partial charge in [-0.3, -0.25) is 4.90 Å². The molecule has 10 nitrogen and oxygen atoms in total. The highest BCUT2D eigenvalue weighted by Gasteiger charge is 2.65. The van der Waals surface area contributed by atoms with Crippen LogP contribution in [0.4, 0.5) is 4.79 Å². The number of fused-ring (bicyclic) bond motifs is 3. The van der Waals surface area contributed by atoms with Gasteiger partial charge in [-0.2, -0.15) is 0 Å². The molecule has 3 aliphatic rings. The van der Waals surface area contributed by atoms with Gasteiger partial charge in [0, 0.05) is 31.1 Å². The zero-order valence-electron chi connectivity index (χ0n) is 32.8. The Morgan fingerprint density at radius 2 is 1.78 bits per heavy atom. The molecule has 55 heavy (non-hydrogen) atoms. The molecule has 0 saturated heterocycles. The molecule has 3 aromatic rings. The van der Waals surface area contributed by atoms with Gasteiger partial charge in [-0.05, 0) is 105 Å². The molecule has 3 N–H and O–H groups in total. The number of benzene rings is 3. The van der Waals surface area contributed by atoms with Crippen LogP contribution in [0.1, 0.15) is 89.7 Å². The lowest BCUT2D eigenvalue weighted by molar-refractivity contribution is -0.256. The molecule has 1 amide bonds. The Hall–Kier alpha value is -4.38. The summed E-state index contributed by atoms with van der Waals surface area (Å²) in [4.78, 5) is 22.4. The van der Waals surface area contributed by atoms with Crippen molar-refractivity contribution in [2.75, 3.05) is 26.4 Å². The molecule has 3 aromatic carbocycles. The van der Waals surface area contributed by atoms with E-state index in [9.17, 15) is 20.1 Å². The predicted octanol–water partition coefficient (Wildman–Crippen LogP) is 8.64. The molecular formula is C45H58N2O8. The molecule has 1 aliphatic heterocycles. The number of allylic oxidation sites excluding steroid dienone is 1. The molecule has 0 bridgehead atoms. The van der Waals surface area contributed by atoms with Crippen molar-refractivity contribution in [1.82, 2.24) is 4.90 Å². The summed E-state index contributed by atoms with van der Waals surface area (Å²) in [6, 6.07) is 18.7. The van der Waals surface area contributed by atoms with Crippen LogP contribution >= 0.6 is 0 Å². The number of rotatable bonds is 16. The third kappa shape index (κ3) is 8.56. The number of unbranched alkanes of at least 4 members (excludes halogenated alkanes) is 2. The van der Waals surface area contributed by atoms with E-state index < -0.39 is 29.4 Å². The van der Waals surface area contributed by atoms with Crippen molar-refractivity contribution in [3.8, 4) is 11.5 Å². The summed E-state index contributed by atoms with van der Waals surface area (Å²) in [5.74, 6) is -1.31. The van der Waals surface area contributed by atoms with Crippen molar-refractivity contribution < 1.29 is 39.2 Å². The fourth-order valence-electron chi connectivity index (χ4n) is 8.97. The first-order valence-corrected chi connectivity index (χ1v) is 19.9. The lowest BCUT2D eigenvalue weighted by atomic mass is 9.55. The molecule has 1 fully saturated rings. The molecule has 1 saturated carbocycles. The van der Waals surface area contributed by atoms with E-state index in [1.54, 1.807) is 36.1 Å². The summed E-state index contributed by atoms with van der Waals surface area (Å²) in [7, 11) is 0. The minimum atomic E-state index is -1.43. The normalized spacial score (nSPS) is 25.0. The zero-order chi connectivity index (χ0) is 39.2. The first-order chi connectivity index (χ1) is 26.5. The average molecular weight is 755 g/mol. The topological polar surface area (TPSA) is 130 Å². The third-order valence-electron chi connectivity index (χ3n) is 11.2. The number of carbonyl (C=O) groups excluding carboxylic acids is 1. The monoisotopic (exact) mass is 754 g/mol. The highest BCUT2D eigenvalue weighted by molar-refractivity contribution is 6.03. The van der Waals surface area contributed by atoms with Crippen molar-refractivity contribution >= 4 is 22.6 Å². The summed E-state index contributed by atoms with van der Waals surface area (Å²) in [5.41, 5.74) is 2.85. The molecule has 6 rings (SSSR count). The number of oxime groups is 1. The Morgan fingerprint density at radius 1 is 1.04 bits per heavy atom. The SMILES string of the molecule is C=CCO[C@@]12Oc3ccc(O)cc3[C@H]3[C@H](CCCCO)[C@@H](CCCCO)C=C(C(=NOC(C)(C)C)C[C@@H]1N(Cc1cccc4ccccc14)C(=O)OCC)[C@H]32. The van der Waals surface area contributed by atoms with Gasteiger partial charge in [0.25, 0.3) is 0 Å². The van der Waals surface area contributed by atoms with Gasteiger partial charge in [0.1, 0.15) is 23.1 Å². The van der Waals surface area contributed by atoms with Crippen LogP contribution in [0.25, 0.3) is 10.8 Å². The molecule has 0 spiro atoms. The number of phenols is 1. The van der Waals surface area contributed by atoms with Gasteiger partial charge in [0.2, 0.25) is 5.79 Å². The van der Waals surface area contributed by atoms with Crippen molar-refractivity contribution in [2.45, 2.75) is 103 Å². The highest BCUT2D eigenvalue weighted by Crippen LogP contribution is 2.62. The van der Waals surface area contributed by atoms with Gasteiger partial charge in [0.15, 0.2) is 0 Å². The van der Waals surface area contributed by atoms with E-state index in [2.05, 4.69) is 30.9 Å². The van der Waals surface area contributed by atoms with E-state index in [4.69, 9.17) is 24.2 Å². The van der Waals surface area contributed by atoms with Crippen molar-refractivity contribution in [3.05, 3.63) is 96.1 Å². The van der Waals surface area contributed by atoms with Crippen molar-refractivity contribution in [3.63, 3.8) is 0 Å². The van der Waals surface area contributed by atoms with E-state index in [0.29, 0.717) is 24.3 Å². The maximum atomic E-state index is 14.5. The second-order valence-electron chi connectivity index (χ2n) is 16.0. The maximum absolute atomic E-state index is 14.5. The van der Waals surface area contributed by atoms with Crippen LogP contribution in [-0.4, -0.2) is 75.9 Å². The summed E-state index contributed by atoms with van der Waals surface area (Å²) in [5, 5.41) is 37.6. The Labute approximate surface area is 325 Å². The molecular weight excluding hydrogens is 697 g/mol. The van der Waals surface area contributed by atoms with Gasteiger partial charge >= 0.3 is 6.09 Å². The van der Waals surface area contributed by atoms with Gasteiger partial charge in [-0.1, -0.05) is 72.6 Å². The van der Waals surface area contributed by atoms with E-state index in [-0.39, 0.29) is 62.9 Å². The Morgan fingerprint density at radius 3 is 2.51 bits per heavy atom. The quantitative estimate of drug-likeness (QED) is 0.0753. The molecule has 1 heterocycles. The van der Waals surface area contributed by atoms with E-state index in [1.165, 1.54) is 0 Å². The Bertz CT molecular complexity index is 1860. The molecule has 6 atom stereocenters. The summed E-state index contributed by atoms with van der Waals surface area (Å²) >= 11 is 0. The number of hydrogen-bond acceptors (Lipinski definition) is 9. The first kappa shape index (κ1) is 40.3. The van der Waals surface area contributed by atoms with E-state index in [1.807, 2.05) is 45.0 Å². The number of aliphatic hydroxyl groups excluding tert-OH is 2. The largest absolute Gasteiger partial charge is 0.508 e. The lowest BCUT2D eigenvalue weighted by Gasteiger charge is -2.60. The molecule has 0 radical (unpaired) electrons. The maximum Gasteiger partial charge on any atom is 0.410 e. The van der Waals surface area contributed by atoms with Crippen LogP contribution in [0.2, 0.25) is 0 Å². The van der Waals surface area contributed by atoms with Crippen LogP contribution in [0.3, 0.4) is 0 Å². The predicted molar refractivity (Wildman–Crippen MR) is 214 cm³/mol. The zero-order valence-corrected chi connectivity index (χ0v) is 32.8. The van der Waals surface area contributed by atoms with Gasteiger partial charge in [-0.15, -0.1) is 6.58 Å². The molecule has 10 heteroatoms. The van der Waals surface area contributed by atoms with Crippen LogP contribution in [0.5, 0.6) is 11.5 Å². The second kappa shape index (κ2) is 17.6. The van der Waals surface area contributed by atoms with Crippen LogP contribution < -0.4 is 4.74 Å². The molecule has 296 valence electrons. The number of carbonyl (C=O) groups is 1. The number of aliphatic hydroxyl groups is 2. The molecule has 2 aliphatic carbocycles. The van der Waals surface area contributed by atoms with E-state index >= 15 is 0 Å². The number of aromatic hydroxyl groups is 1. The standard InChI is InChI=1S/C45H58N2O8/c1-6-25-53-45-40(47(43(51)52-7-2)29-32-18-14-17-30-15-8-9-19-34(30)32)28-38(46-55-44(3,4)5)36-26-31(16-10-12-23-48)35(20-11-13-24-49)41(42(36)45)37-27-33(50)21-22-39(37)54-45/h6,8-9,14-15,17-19,21-22,26-27,31,35,40-42,48-50H,1,7,10-13,16,20,23-25,28-29H2,2-5H3/t31-,35+,40-,41+,42+,45+/m0/s1. The number of nitrogens with zero attached hydrogens (tertiary/aromatic N) is 2. The second-order valence-corrected chi connectivity index (χ2v) is 16.0. The van der Waals surface area contributed by atoms with Crippen LogP contribution in [0, 0.1) is 17.8 Å². The van der Waals surface area contributed by atoms with Gasteiger partial charge in [0.05, 0.1) is 31.4 Å². The highest BCUT2D eigenvalue weighted by atomic mass is 16.7. The lowest BCUT2D eigenvalue weighted by Crippen LogP contribution is -2.70. The number of hydrogen-bond donors (Lipinski definition) is 3. The van der Waals surface area contributed by atoms with Crippen LogP contribution in [0.15, 0.2) is 90.1 Å². The van der Waals surface area contributed by atoms with Gasteiger partial charge < -0.3 is 34.4 Å². The summed E-state index contributed by atoms with van der Waals surface area (Å²) < 4.78 is 20.1. The summed E-state index contributed by atoms with van der Waals surface area (Å²) in [6.07, 6.45) is 8.36. The van der Waals surface area contributed by atoms with E-state index in [0.717, 1.165) is 53.2 Å². The third-order valence-corrected chi connectivity index (χ3v) is 11.2. The number of amides is 1. The minimum Gasteiger partial charge on any atom is -0.508 e. The van der Waals surface area contributed by atoms with Crippen molar-refractivity contribution in [1.29, 1.82) is 0 Å². The van der Waals surface area contributed by atoms with Gasteiger partial charge in [-0.25, -0.2) is 4.79 Å². The fourth-order valence-corrected chi connectivity index (χ4v) is 8.97. The Kier molecular flexibility index (Phi) is 12.9. The number of ether oxygens (including phenoxy) is 3. The molecule has 0 aromatic heterocycles. The summed E-state index contributed by atoms with van der Waals surface area (Å²) in [6.45, 7) is 12.4. The minimum absolute atomic E-state index is 0.0489. The number of phenolic OH excluding ortho intramolecular Hbond substituents is 1. The fraction of sp³-hybridized carbons (Fsp3) is 0.511. The van der Waals surface area contributed by atoms with Crippen molar-refractivity contribution in [2.24, 2.45) is 22.9 Å². The first-order valence-electron chi connectivity index (χ1n) is 19.9. The van der Waals surface area contributed by atoms with Crippen LogP contribution in [-0.2, 0) is 20.9 Å².